The van der Waals surface area contributed by atoms with Crippen LogP contribution in [-0.2, 0) is 16.1 Å². The maximum absolute atomic E-state index is 11.7. The Morgan fingerprint density at radius 3 is 2.79 bits per heavy atom. The van der Waals surface area contributed by atoms with Gasteiger partial charge in [-0.3, -0.25) is 0 Å². The third-order valence-electron chi connectivity index (χ3n) is 3.10. The summed E-state index contributed by atoms with van der Waals surface area (Å²) >= 11 is 5.93. The number of rotatable bonds is 5. The molecule has 0 unspecified atom stereocenters. The molecule has 0 radical (unpaired) electrons. The van der Waals surface area contributed by atoms with Crippen LogP contribution in [0.4, 0.5) is 0 Å². The molecule has 0 aliphatic heterocycles. The van der Waals surface area contributed by atoms with Crippen molar-refractivity contribution in [3.05, 3.63) is 77.2 Å². The zero-order valence-corrected chi connectivity index (χ0v) is 13.3. The smallest absolute Gasteiger partial charge is 0.331 e. The van der Waals surface area contributed by atoms with Gasteiger partial charge in [0.05, 0.1) is 0 Å². The number of hydrogen-bond donors (Lipinski definition) is 0. The van der Waals surface area contributed by atoms with Gasteiger partial charge in [0.15, 0.2) is 6.61 Å². The number of benzene rings is 2. The molecule has 0 saturated carbocycles. The van der Waals surface area contributed by atoms with Gasteiger partial charge < -0.3 is 9.26 Å². The van der Waals surface area contributed by atoms with Crippen LogP contribution < -0.4 is 0 Å². The summed E-state index contributed by atoms with van der Waals surface area (Å²) in [6, 6.07) is 16.6. The first-order chi connectivity index (χ1) is 11.7. The van der Waals surface area contributed by atoms with Crippen LogP contribution in [0.1, 0.15) is 11.5 Å². The van der Waals surface area contributed by atoms with Crippen LogP contribution in [0.5, 0.6) is 0 Å². The zero-order chi connectivity index (χ0) is 16.8. The summed E-state index contributed by atoms with van der Waals surface area (Å²) < 4.78 is 10.1. The normalized spacial score (nSPS) is 10.9. The van der Waals surface area contributed by atoms with Gasteiger partial charge in [0.1, 0.15) is 0 Å². The largest absolute Gasteiger partial charge is 0.452 e. The van der Waals surface area contributed by atoms with Crippen LogP contribution in [0.25, 0.3) is 17.5 Å². The quantitative estimate of drug-likeness (QED) is 0.515. The van der Waals surface area contributed by atoms with E-state index < -0.39 is 5.97 Å². The topological polar surface area (TPSA) is 65.2 Å². The minimum atomic E-state index is -0.485. The van der Waals surface area contributed by atoms with Gasteiger partial charge in [-0.15, -0.1) is 0 Å². The van der Waals surface area contributed by atoms with Gasteiger partial charge in [-0.1, -0.05) is 59.2 Å². The van der Waals surface area contributed by atoms with Crippen molar-refractivity contribution in [2.75, 3.05) is 0 Å². The lowest BCUT2D eigenvalue weighted by molar-refractivity contribution is -0.139. The van der Waals surface area contributed by atoms with E-state index >= 15 is 0 Å². The van der Waals surface area contributed by atoms with E-state index in [1.54, 1.807) is 24.3 Å². The Kier molecular flexibility index (Phi) is 5.03. The molecule has 120 valence electrons. The second-order valence-corrected chi connectivity index (χ2v) is 5.31. The van der Waals surface area contributed by atoms with Gasteiger partial charge in [-0.05, 0) is 23.8 Å². The molecule has 1 heterocycles. The summed E-state index contributed by atoms with van der Waals surface area (Å²) in [7, 11) is 0. The number of carbonyl (C=O) groups is 1. The summed E-state index contributed by atoms with van der Waals surface area (Å²) in [5, 5.41) is 4.42. The van der Waals surface area contributed by atoms with Crippen molar-refractivity contribution in [3.63, 3.8) is 0 Å². The fraction of sp³-hybridized carbons (Fsp3) is 0.0556. The van der Waals surface area contributed by atoms with E-state index in [2.05, 4.69) is 10.1 Å². The Labute approximate surface area is 143 Å². The highest BCUT2D eigenvalue weighted by molar-refractivity contribution is 6.30. The monoisotopic (exact) mass is 340 g/mol. The van der Waals surface area contributed by atoms with E-state index in [1.807, 2.05) is 36.4 Å². The van der Waals surface area contributed by atoms with E-state index in [0.717, 1.165) is 11.1 Å². The van der Waals surface area contributed by atoms with Crippen molar-refractivity contribution < 1.29 is 14.1 Å². The SMILES string of the molecule is O=C(/C=C/c1ccccc1)OCc1nc(-c2cccc(Cl)c2)no1. The minimum Gasteiger partial charge on any atom is -0.452 e. The highest BCUT2D eigenvalue weighted by atomic mass is 35.5. The van der Waals surface area contributed by atoms with Crippen molar-refractivity contribution in [1.82, 2.24) is 10.1 Å². The molecule has 0 saturated heterocycles. The van der Waals surface area contributed by atoms with Crippen LogP contribution in [0, 0.1) is 0 Å². The predicted molar refractivity (Wildman–Crippen MR) is 90.0 cm³/mol. The van der Waals surface area contributed by atoms with Crippen molar-refractivity contribution in [1.29, 1.82) is 0 Å². The number of aromatic nitrogens is 2. The van der Waals surface area contributed by atoms with Crippen LogP contribution in [-0.4, -0.2) is 16.1 Å². The molecular weight excluding hydrogens is 328 g/mol. The Balaban J connectivity index is 1.57. The molecule has 1 aromatic heterocycles. The average molecular weight is 341 g/mol. The van der Waals surface area contributed by atoms with Gasteiger partial charge in [0.25, 0.3) is 5.89 Å². The molecule has 3 rings (SSSR count). The standard InChI is InChI=1S/C18H13ClN2O3/c19-15-8-4-7-14(11-15)18-20-16(24-21-18)12-23-17(22)10-9-13-5-2-1-3-6-13/h1-11H,12H2/b10-9+. The molecule has 2 aromatic carbocycles. The van der Waals surface area contributed by atoms with E-state index in [0.29, 0.717) is 10.8 Å². The van der Waals surface area contributed by atoms with Crippen molar-refractivity contribution >= 4 is 23.6 Å². The molecule has 0 aliphatic carbocycles. The summed E-state index contributed by atoms with van der Waals surface area (Å²) in [4.78, 5) is 15.9. The molecular formula is C18H13ClN2O3. The van der Waals surface area contributed by atoms with Crippen LogP contribution in [0.2, 0.25) is 5.02 Å². The maximum atomic E-state index is 11.7. The number of hydrogen-bond acceptors (Lipinski definition) is 5. The van der Waals surface area contributed by atoms with Crippen molar-refractivity contribution in [3.8, 4) is 11.4 Å². The Hall–Kier alpha value is -2.92. The van der Waals surface area contributed by atoms with E-state index in [4.69, 9.17) is 20.9 Å². The molecule has 0 spiro atoms. The molecule has 0 atom stereocenters. The summed E-state index contributed by atoms with van der Waals surface area (Å²) in [6.45, 7) is -0.0917. The lowest BCUT2D eigenvalue weighted by Crippen LogP contribution is -2.00. The summed E-state index contributed by atoms with van der Waals surface area (Å²) in [5.74, 6) is 0.121. The zero-order valence-electron chi connectivity index (χ0n) is 12.6. The third-order valence-corrected chi connectivity index (χ3v) is 3.34. The fourth-order valence-corrected chi connectivity index (χ4v) is 2.16. The van der Waals surface area contributed by atoms with Gasteiger partial charge in [-0.25, -0.2) is 4.79 Å². The predicted octanol–water partition coefficient (Wildman–Crippen LogP) is 4.15. The van der Waals surface area contributed by atoms with Gasteiger partial charge in [0, 0.05) is 16.7 Å². The number of carbonyl (C=O) groups excluding carboxylic acids is 1. The van der Waals surface area contributed by atoms with Crippen molar-refractivity contribution in [2.45, 2.75) is 6.61 Å². The van der Waals surface area contributed by atoms with Crippen molar-refractivity contribution in [2.24, 2.45) is 0 Å². The van der Waals surface area contributed by atoms with E-state index in [1.165, 1.54) is 6.08 Å². The second kappa shape index (κ2) is 7.57. The Bertz CT molecular complexity index is 859. The molecule has 24 heavy (non-hydrogen) atoms. The van der Waals surface area contributed by atoms with Gasteiger partial charge >= 0.3 is 5.97 Å². The highest BCUT2D eigenvalue weighted by Crippen LogP contribution is 2.20. The molecule has 0 amide bonds. The first-order valence-electron chi connectivity index (χ1n) is 7.19. The molecule has 0 aliphatic rings. The first kappa shape index (κ1) is 16.0. The number of halogens is 1. The molecule has 3 aromatic rings. The Morgan fingerprint density at radius 2 is 2.00 bits per heavy atom. The second-order valence-electron chi connectivity index (χ2n) is 4.87. The van der Waals surface area contributed by atoms with Gasteiger partial charge in [-0.2, -0.15) is 4.98 Å². The Morgan fingerprint density at radius 1 is 1.17 bits per heavy atom. The van der Waals surface area contributed by atoms with Crippen LogP contribution in [0.15, 0.2) is 65.2 Å². The van der Waals surface area contributed by atoms with Crippen LogP contribution in [0.3, 0.4) is 0 Å². The lowest BCUT2D eigenvalue weighted by atomic mass is 10.2. The average Bonchev–Trinajstić information content (AvgIpc) is 3.08. The number of nitrogens with zero attached hydrogens (tertiary/aromatic N) is 2. The summed E-state index contributed by atoms with van der Waals surface area (Å²) in [5.41, 5.74) is 1.64. The van der Waals surface area contributed by atoms with E-state index in [-0.39, 0.29) is 12.5 Å². The summed E-state index contributed by atoms with van der Waals surface area (Å²) in [6.07, 6.45) is 3.02. The van der Waals surface area contributed by atoms with E-state index in [9.17, 15) is 4.79 Å². The molecule has 5 nitrogen and oxygen atoms in total. The fourth-order valence-electron chi connectivity index (χ4n) is 1.97. The first-order valence-corrected chi connectivity index (χ1v) is 7.57. The van der Waals surface area contributed by atoms with Crippen LogP contribution >= 0.6 is 11.6 Å². The molecule has 6 heteroatoms. The highest BCUT2D eigenvalue weighted by Gasteiger charge is 2.10. The number of ether oxygens (including phenoxy) is 1. The lowest BCUT2D eigenvalue weighted by Gasteiger charge is -1.97. The molecule has 0 fully saturated rings. The molecule has 0 N–H and O–H groups in total. The molecule has 0 bridgehead atoms. The minimum absolute atomic E-state index is 0.0917. The van der Waals surface area contributed by atoms with Gasteiger partial charge in [0.2, 0.25) is 5.82 Å². The maximum Gasteiger partial charge on any atom is 0.331 e. The third kappa shape index (κ3) is 4.30. The number of esters is 1.